The van der Waals surface area contributed by atoms with Crippen molar-refractivity contribution in [1.82, 2.24) is 5.32 Å². The van der Waals surface area contributed by atoms with Gasteiger partial charge in [0.05, 0.1) is 5.56 Å². The van der Waals surface area contributed by atoms with Crippen LogP contribution in [0.25, 0.3) is 0 Å². The summed E-state index contributed by atoms with van der Waals surface area (Å²) in [7, 11) is 0. The monoisotopic (exact) mass is 362 g/mol. The first kappa shape index (κ1) is 18.0. The van der Waals surface area contributed by atoms with E-state index in [-0.39, 0.29) is 11.6 Å². The molecule has 0 aliphatic heterocycles. The quantitative estimate of drug-likeness (QED) is 0.796. The highest BCUT2D eigenvalue weighted by Crippen LogP contribution is 2.47. The molecule has 1 fully saturated rings. The van der Waals surface area contributed by atoms with Crippen LogP contribution in [0.4, 0.5) is 18.9 Å². The van der Waals surface area contributed by atoms with Crippen LogP contribution in [0.15, 0.2) is 54.6 Å². The van der Waals surface area contributed by atoms with E-state index in [1.54, 1.807) is 0 Å². The normalized spacial score (nSPS) is 15.2. The maximum atomic E-state index is 12.6. The van der Waals surface area contributed by atoms with Crippen molar-refractivity contribution in [3.8, 4) is 0 Å². The molecule has 0 atom stereocenters. The first-order valence-corrected chi connectivity index (χ1v) is 8.12. The average Bonchev–Trinajstić information content (AvgIpc) is 3.42. The molecule has 0 spiro atoms. The molecule has 4 nitrogen and oxygen atoms in total. The minimum Gasteiger partial charge on any atom is -0.351 e. The Morgan fingerprint density at radius 2 is 1.54 bits per heavy atom. The van der Waals surface area contributed by atoms with Gasteiger partial charge >= 0.3 is 6.18 Å². The van der Waals surface area contributed by atoms with Crippen molar-refractivity contribution in [2.45, 2.75) is 25.6 Å². The standard InChI is InChI=1S/C19H17F3N2O2/c20-19(21,22)14-6-8-15(9-7-14)24-17(26)18(10-11-18)16(25)23-12-13-4-2-1-3-5-13/h1-9H,10-12H2,(H,23,25)(H,24,26). The molecule has 2 amide bonds. The van der Waals surface area contributed by atoms with Crippen molar-refractivity contribution in [2.24, 2.45) is 5.41 Å². The van der Waals surface area contributed by atoms with Crippen molar-refractivity contribution in [3.05, 3.63) is 65.7 Å². The van der Waals surface area contributed by atoms with Crippen molar-refractivity contribution in [3.63, 3.8) is 0 Å². The van der Waals surface area contributed by atoms with Crippen LogP contribution in [0.5, 0.6) is 0 Å². The summed E-state index contributed by atoms with van der Waals surface area (Å²) in [6.07, 6.45) is -3.60. The molecule has 0 saturated heterocycles. The summed E-state index contributed by atoms with van der Waals surface area (Å²) in [5, 5.41) is 5.28. The number of hydrogen-bond donors (Lipinski definition) is 2. The number of halogens is 3. The van der Waals surface area contributed by atoms with Crippen LogP contribution in [-0.2, 0) is 22.3 Å². The minimum absolute atomic E-state index is 0.227. The lowest BCUT2D eigenvalue weighted by Gasteiger charge is -2.16. The van der Waals surface area contributed by atoms with Gasteiger partial charge in [0.25, 0.3) is 0 Å². The predicted octanol–water partition coefficient (Wildman–Crippen LogP) is 3.74. The van der Waals surface area contributed by atoms with E-state index in [9.17, 15) is 22.8 Å². The summed E-state index contributed by atoms with van der Waals surface area (Å²) < 4.78 is 37.7. The maximum absolute atomic E-state index is 12.6. The third-order valence-corrected chi connectivity index (χ3v) is 4.39. The van der Waals surface area contributed by atoms with Gasteiger partial charge in [0, 0.05) is 12.2 Å². The molecule has 0 unspecified atom stereocenters. The summed E-state index contributed by atoms with van der Waals surface area (Å²) >= 11 is 0. The molecule has 0 heterocycles. The molecular weight excluding hydrogens is 345 g/mol. The van der Waals surface area contributed by atoms with Gasteiger partial charge < -0.3 is 10.6 Å². The summed E-state index contributed by atoms with van der Waals surface area (Å²) in [5.74, 6) is -0.867. The molecule has 0 radical (unpaired) electrons. The van der Waals surface area contributed by atoms with Crippen LogP contribution in [0.3, 0.4) is 0 Å². The number of carbonyl (C=O) groups excluding carboxylic acids is 2. The molecular formula is C19H17F3N2O2. The van der Waals surface area contributed by atoms with Crippen molar-refractivity contribution in [2.75, 3.05) is 5.32 Å². The van der Waals surface area contributed by atoms with E-state index in [2.05, 4.69) is 10.6 Å². The van der Waals surface area contributed by atoms with Gasteiger partial charge in [-0.25, -0.2) is 0 Å². The van der Waals surface area contributed by atoms with E-state index >= 15 is 0 Å². The van der Waals surface area contributed by atoms with Gasteiger partial charge in [-0.15, -0.1) is 0 Å². The second-order valence-electron chi connectivity index (χ2n) is 6.28. The van der Waals surface area contributed by atoms with Crippen molar-refractivity contribution >= 4 is 17.5 Å². The predicted molar refractivity (Wildman–Crippen MR) is 90.0 cm³/mol. The van der Waals surface area contributed by atoms with Gasteiger partial charge in [-0.2, -0.15) is 13.2 Å². The Balaban J connectivity index is 1.61. The highest BCUT2D eigenvalue weighted by Gasteiger charge is 2.56. The number of benzene rings is 2. The Labute approximate surface area is 148 Å². The van der Waals surface area contributed by atoms with Crippen LogP contribution in [-0.4, -0.2) is 11.8 Å². The second kappa shape index (κ2) is 6.82. The van der Waals surface area contributed by atoms with E-state index in [1.807, 2.05) is 30.3 Å². The summed E-state index contributed by atoms with van der Waals surface area (Å²) in [4.78, 5) is 24.8. The Morgan fingerprint density at radius 3 is 2.08 bits per heavy atom. The van der Waals surface area contributed by atoms with E-state index in [4.69, 9.17) is 0 Å². The fraction of sp³-hybridized carbons (Fsp3) is 0.263. The van der Waals surface area contributed by atoms with Crippen LogP contribution in [0.1, 0.15) is 24.0 Å². The molecule has 1 aliphatic rings. The zero-order valence-electron chi connectivity index (χ0n) is 13.8. The second-order valence-corrected chi connectivity index (χ2v) is 6.28. The fourth-order valence-electron chi connectivity index (χ4n) is 2.62. The molecule has 26 heavy (non-hydrogen) atoms. The fourth-order valence-corrected chi connectivity index (χ4v) is 2.62. The lowest BCUT2D eigenvalue weighted by Crippen LogP contribution is -2.39. The van der Waals surface area contributed by atoms with Gasteiger partial charge in [0.15, 0.2) is 0 Å². The smallest absolute Gasteiger partial charge is 0.351 e. The van der Waals surface area contributed by atoms with Gasteiger partial charge in [-0.3, -0.25) is 9.59 Å². The number of nitrogens with one attached hydrogen (secondary N) is 2. The van der Waals surface area contributed by atoms with E-state index in [0.717, 1.165) is 17.7 Å². The highest BCUT2D eigenvalue weighted by atomic mass is 19.4. The van der Waals surface area contributed by atoms with Gasteiger partial charge in [0.1, 0.15) is 5.41 Å². The van der Waals surface area contributed by atoms with Crippen LogP contribution >= 0.6 is 0 Å². The number of anilines is 1. The molecule has 3 rings (SSSR count). The number of carbonyl (C=O) groups is 2. The molecule has 1 aliphatic carbocycles. The van der Waals surface area contributed by atoms with E-state index in [0.29, 0.717) is 19.4 Å². The van der Waals surface area contributed by atoms with E-state index in [1.165, 1.54) is 12.1 Å². The SMILES string of the molecule is O=C(NCc1ccccc1)C1(C(=O)Nc2ccc(C(F)(F)F)cc2)CC1. The van der Waals surface area contributed by atoms with E-state index < -0.39 is 23.1 Å². The van der Waals surface area contributed by atoms with Crippen LogP contribution in [0.2, 0.25) is 0 Å². The van der Waals surface area contributed by atoms with Crippen molar-refractivity contribution < 1.29 is 22.8 Å². The molecule has 2 aromatic rings. The average molecular weight is 362 g/mol. The largest absolute Gasteiger partial charge is 0.416 e. The van der Waals surface area contributed by atoms with Gasteiger partial charge in [-0.05, 0) is 42.7 Å². The lowest BCUT2D eigenvalue weighted by molar-refractivity contribution is -0.137. The summed E-state index contributed by atoms with van der Waals surface area (Å²) in [5.41, 5.74) is -0.792. The first-order valence-electron chi connectivity index (χ1n) is 8.12. The summed E-state index contributed by atoms with van der Waals surface area (Å²) in [6.45, 7) is 0.314. The Hall–Kier alpha value is -2.83. The number of rotatable bonds is 5. The van der Waals surface area contributed by atoms with Gasteiger partial charge in [0.2, 0.25) is 11.8 Å². The molecule has 1 saturated carbocycles. The van der Waals surface area contributed by atoms with Crippen molar-refractivity contribution in [1.29, 1.82) is 0 Å². The number of hydrogen-bond acceptors (Lipinski definition) is 2. The topological polar surface area (TPSA) is 58.2 Å². The molecule has 136 valence electrons. The molecule has 0 aromatic heterocycles. The third-order valence-electron chi connectivity index (χ3n) is 4.39. The van der Waals surface area contributed by atoms with Crippen LogP contribution in [0, 0.1) is 5.41 Å². The maximum Gasteiger partial charge on any atom is 0.416 e. The highest BCUT2D eigenvalue weighted by molar-refractivity contribution is 6.13. The molecule has 7 heteroatoms. The zero-order chi connectivity index (χ0) is 18.8. The Morgan fingerprint density at radius 1 is 0.923 bits per heavy atom. The number of alkyl halides is 3. The van der Waals surface area contributed by atoms with Crippen LogP contribution < -0.4 is 10.6 Å². The molecule has 2 aromatic carbocycles. The summed E-state index contributed by atoms with van der Waals surface area (Å²) in [6, 6.07) is 13.4. The number of amides is 2. The molecule has 2 N–H and O–H groups in total. The Kier molecular flexibility index (Phi) is 4.71. The lowest BCUT2D eigenvalue weighted by atomic mass is 10.0. The minimum atomic E-state index is -4.43. The molecule has 0 bridgehead atoms. The Bertz CT molecular complexity index is 798. The zero-order valence-corrected chi connectivity index (χ0v) is 13.8. The first-order chi connectivity index (χ1) is 12.3. The van der Waals surface area contributed by atoms with Gasteiger partial charge in [-0.1, -0.05) is 30.3 Å². The third kappa shape index (κ3) is 3.87.